The molecule has 0 N–H and O–H groups in total. The van der Waals surface area contributed by atoms with Crippen LogP contribution in [0.15, 0.2) is 0 Å². The number of hydroxylamine groups is 2. The van der Waals surface area contributed by atoms with Gasteiger partial charge in [0.2, 0.25) is 0 Å². The smallest absolute Gasteiger partial charge is 0.280 e. The van der Waals surface area contributed by atoms with E-state index in [0.717, 1.165) is 70.8 Å². The number of nitrogens with zero attached hydrogens (tertiary/aromatic N) is 1. The molecule has 0 amide bonds. The van der Waals surface area contributed by atoms with E-state index in [1.807, 2.05) is 46.6 Å². The Morgan fingerprint density at radius 1 is 0.667 bits per heavy atom. The molecule has 6 heteroatoms. The zero-order chi connectivity index (χ0) is 23.5. The molecule has 0 unspecified atom stereocenters. The fourth-order valence-corrected chi connectivity index (χ4v) is 5.68. The first-order valence-electron chi connectivity index (χ1n) is 12.3. The predicted molar refractivity (Wildman–Crippen MR) is 129 cm³/mol. The van der Waals surface area contributed by atoms with Crippen molar-refractivity contribution < 1.29 is 18.2 Å². The lowest BCUT2D eigenvalue weighted by atomic mass is 9.82. The molecule has 0 bridgehead atoms. The SMILES string of the molecule is CCCCN(OP(=O)(OC(C)(C)C)OC(C)(C)C)C(CCC)(CCCC)CCCC. The van der Waals surface area contributed by atoms with E-state index in [2.05, 4.69) is 27.7 Å². The molecular weight excluding hydrogens is 397 g/mol. The summed E-state index contributed by atoms with van der Waals surface area (Å²) in [6.45, 7) is 20.9. The molecule has 0 radical (unpaired) electrons. The summed E-state index contributed by atoms with van der Waals surface area (Å²) in [5.41, 5.74) is -1.43. The van der Waals surface area contributed by atoms with Crippen molar-refractivity contribution in [3.63, 3.8) is 0 Å². The molecule has 0 saturated carbocycles. The summed E-state index contributed by atoms with van der Waals surface area (Å²) >= 11 is 0. The molecule has 0 heterocycles. The molecule has 0 aliphatic carbocycles. The van der Waals surface area contributed by atoms with Gasteiger partial charge in [0.15, 0.2) is 0 Å². The lowest BCUT2D eigenvalue weighted by Crippen LogP contribution is -2.49. The lowest BCUT2D eigenvalue weighted by molar-refractivity contribution is -0.186. The maximum Gasteiger partial charge on any atom is 0.492 e. The van der Waals surface area contributed by atoms with Crippen LogP contribution in [0.4, 0.5) is 0 Å². The van der Waals surface area contributed by atoms with E-state index >= 15 is 0 Å². The Balaban J connectivity index is 6.16. The van der Waals surface area contributed by atoms with Crippen molar-refractivity contribution >= 4 is 7.82 Å². The first-order chi connectivity index (χ1) is 13.8. The minimum absolute atomic E-state index is 0.145. The van der Waals surface area contributed by atoms with Gasteiger partial charge in [0.1, 0.15) is 0 Å². The third-order valence-electron chi connectivity index (χ3n) is 4.92. The maximum absolute atomic E-state index is 13.9. The van der Waals surface area contributed by atoms with Gasteiger partial charge in [-0.25, -0.2) is 4.57 Å². The number of phosphoric acid groups is 1. The van der Waals surface area contributed by atoms with Crippen LogP contribution in [0, 0.1) is 0 Å². The zero-order valence-electron chi connectivity index (χ0n) is 21.8. The van der Waals surface area contributed by atoms with Crippen LogP contribution in [0.1, 0.15) is 133 Å². The first kappa shape index (κ1) is 30.1. The van der Waals surface area contributed by atoms with Crippen LogP contribution in [-0.4, -0.2) is 28.3 Å². The number of rotatable bonds is 16. The minimum atomic E-state index is -3.82. The largest absolute Gasteiger partial charge is 0.492 e. The molecule has 5 nitrogen and oxygen atoms in total. The maximum atomic E-state index is 13.9. The molecule has 0 aromatic rings. The van der Waals surface area contributed by atoms with Crippen molar-refractivity contribution in [1.82, 2.24) is 5.06 Å². The number of phosphoric ester groups is 1. The Hall–Kier alpha value is 0.0700. The molecule has 0 rings (SSSR count). The highest BCUT2D eigenvalue weighted by atomic mass is 31.2. The minimum Gasteiger partial charge on any atom is -0.280 e. The standard InChI is InChI=1S/C24H52NO4P/c1-11-15-19-24(18-14-4,20-16-12-2)25(21-17-13-3)29-30(26,27-22(5,6)7)28-23(8,9)10/h11-21H2,1-10H3. The third-order valence-corrected chi connectivity index (χ3v) is 6.86. The van der Waals surface area contributed by atoms with Crippen molar-refractivity contribution in [2.24, 2.45) is 0 Å². The average molecular weight is 450 g/mol. The van der Waals surface area contributed by atoms with Gasteiger partial charge in [0.25, 0.3) is 0 Å². The second-order valence-corrected chi connectivity index (χ2v) is 12.0. The number of hydrogen-bond acceptors (Lipinski definition) is 5. The highest BCUT2D eigenvalue weighted by Gasteiger charge is 2.44. The zero-order valence-corrected chi connectivity index (χ0v) is 22.7. The summed E-state index contributed by atoms with van der Waals surface area (Å²) in [7, 11) is -3.82. The predicted octanol–water partition coefficient (Wildman–Crippen LogP) is 8.68. The lowest BCUT2D eigenvalue weighted by Gasteiger charge is -2.45. The van der Waals surface area contributed by atoms with Gasteiger partial charge in [0, 0.05) is 12.1 Å². The monoisotopic (exact) mass is 449 g/mol. The third kappa shape index (κ3) is 12.2. The average Bonchev–Trinajstić information content (AvgIpc) is 2.57. The van der Waals surface area contributed by atoms with E-state index in [0.29, 0.717) is 0 Å². The van der Waals surface area contributed by atoms with Gasteiger partial charge in [-0.3, -0.25) is 9.05 Å². The number of hydrogen-bond donors (Lipinski definition) is 0. The van der Waals surface area contributed by atoms with Gasteiger partial charge in [-0.15, -0.1) is 0 Å². The van der Waals surface area contributed by atoms with Gasteiger partial charge >= 0.3 is 7.82 Å². The topological polar surface area (TPSA) is 48.0 Å². The van der Waals surface area contributed by atoms with Crippen molar-refractivity contribution in [1.29, 1.82) is 0 Å². The second-order valence-electron chi connectivity index (χ2n) is 10.6. The molecule has 0 aromatic carbocycles. The second kappa shape index (κ2) is 13.6. The molecule has 0 aliphatic heterocycles. The molecule has 182 valence electrons. The van der Waals surface area contributed by atoms with Crippen LogP contribution < -0.4 is 0 Å². The summed E-state index contributed by atoms with van der Waals surface area (Å²) in [6.07, 6.45) is 10.7. The van der Waals surface area contributed by atoms with E-state index in [1.54, 1.807) is 0 Å². The Kier molecular flexibility index (Phi) is 13.6. The molecular formula is C24H52NO4P. The van der Waals surface area contributed by atoms with E-state index in [4.69, 9.17) is 13.7 Å². The van der Waals surface area contributed by atoms with Crippen LogP contribution in [0.3, 0.4) is 0 Å². The summed E-state index contributed by atoms with van der Waals surface area (Å²) in [6, 6.07) is 0. The van der Waals surface area contributed by atoms with E-state index in [9.17, 15) is 4.57 Å². The Labute approximate surface area is 188 Å². The van der Waals surface area contributed by atoms with E-state index in [-0.39, 0.29) is 5.54 Å². The molecule has 0 spiro atoms. The van der Waals surface area contributed by atoms with Gasteiger partial charge in [-0.2, -0.15) is 9.69 Å². The van der Waals surface area contributed by atoms with Gasteiger partial charge in [-0.1, -0.05) is 66.2 Å². The fourth-order valence-electron chi connectivity index (χ4n) is 3.74. The van der Waals surface area contributed by atoms with Crippen LogP contribution in [0.5, 0.6) is 0 Å². The molecule has 0 fully saturated rings. The quantitative estimate of drug-likeness (QED) is 0.174. The van der Waals surface area contributed by atoms with Crippen LogP contribution >= 0.6 is 7.82 Å². The molecule has 0 atom stereocenters. The Morgan fingerprint density at radius 3 is 1.43 bits per heavy atom. The highest BCUT2D eigenvalue weighted by molar-refractivity contribution is 7.48. The fraction of sp³-hybridized carbons (Fsp3) is 1.00. The normalized spacial score (nSPS) is 14.0. The molecule has 0 saturated heterocycles. The summed E-state index contributed by atoms with van der Waals surface area (Å²) < 4.78 is 32.2. The molecule has 0 aliphatic rings. The molecule has 30 heavy (non-hydrogen) atoms. The van der Waals surface area contributed by atoms with Crippen molar-refractivity contribution in [2.75, 3.05) is 6.54 Å². The van der Waals surface area contributed by atoms with Crippen LogP contribution in [0.25, 0.3) is 0 Å². The highest BCUT2D eigenvalue weighted by Crippen LogP contribution is 2.57. The number of unbranched alkanes of at least 4 members (excludes halogenated alkanes) is 3. The van der Waals surface area contributed by atoms with E-state index < -0.39 is 19.0 Å². The van der Waals surface area contributed by atoms with Crippen LogP contribution in [0.2, 0.25) is 0 Å². The van der Waals surface area contributed by atoms with Gasteiger partial charge in [-0.05, 0) is 67.2 Å². The Bertz CT molecular complexity index is 468. The molecule has 0 aromatic heterocycles. The van der Waals surface area contributed by atoms with Crippen molar-refractivity contribution in [2.45, 2.75) is 150 Å². The van der Waals surface area contributed by atoms with Gasteiger partial charge < -0.3 is 0 Å². The summed E-state index contributed by atoms with van der Waals surface area (Å²) in [5, 5.41) is 2.02. The summed E-state index contributed by atoms with van der Waals surface area (Å²) in [4.78, 5) is 0. The van der Waals surface area contributed by atoms with Crippen molar-refractivity contribution in [3.8, 4) is 0 Å². The van der Waals surface area contributed by atoms with Crippen molar-refractivity contribution in [3.05, 3.63) is 0 Å². The first-order valence-corrected chi connectivity index (χ1v) is 13.7. The summed E-state index contributed by atoms with van der Waals surface area (Å²) in [5.74, 6) is 0. The van der Waals surface area contributed by atoms with E-state index in [1.165, 1.54) is 0 Å². The Morgan fingerprint density at radius 2 is 1.10 bits per heavy atom. The van der Waals surface area contributed by atoms with Gasteiger partial charge in [0.05, 0.1) is 11.2 Å². The van der Waals surface area contributed by atoms with Crippen LogP contribution in [-0.2, 0) is 18.2 Å².